The topological polar surface area (TPSA) is 72.9 Å². The van der Waals surface area contributed by atoms with Gasteiger partial charge >= 0.3 is 0 Å². The summed E-state index contributed by atoms with van der Waals surface area (Å²) in [6, 6.07) is 13.7. The first-order chi connectivity index (χ1) is 16.4. The van der Waals surface area contributed by atoms with Crippen LogP contribution in [0.2, 0.25) is 5.02 Å². The molecule has 0 spiro atoms. The second kappa shape index (κ2) is 10.6. The molecule has 6 nitrogen and oxygen atoms in total. The van der Waals surface area contributed by atoms with Crippen molar-refractivity contribution in [3.05, 3.63) is 75.9 Å². The summed E-state index contributed by atoms with van der Waals surface area (Å²) in [5.41, 5.74) is 9.46. The quantitative estimate of drug-likeness (QED) is 0.304. The number of imidazole rings is 1. The Bertz CT molecular complexity index is 1300. The molecule has 0 bridgehead atoms. The summed E-state index contributed by atoms with van der Waals surface area (Å²) in [4.78, 5) is 20.5. The Balaban J connectivity index is 1.69. The molecule has 0 fully saturated rings. The number of halogens is 1. The molecule has 0 saturated carbocycles. The molecule has 1 amide bonds. The maximum Gasteiger partial charge on any atom is 0.222 e. The summed E-state index contributed by atoms with van der Waals surface area (Å²) in [6.07, 6.45) is 3.82. The molecule has 0 aliphatic rings. The van der Waals surface area contributed by atoms with Crippen molar-refractivity contribution >= 4 is 34.5 Å². The first kappa shape index (κ1) is 24.3. The number of benzene rings is 1. The summed E-state index contributed by atoms with van der Waals surface area (Å²) in [7, 11) is 0. The molecule has 0 aliphatic carbocycles. The van der Waals surface area contributed by atoms with Gasteiger partial charge in [-0.1, -0.05) is 49.7 Å². The smallest absolute Gasteiger partial charge is 0.222 e. The van der Waals surface area contributed by atoms with Crippen LogP contribution in [0.1, 0.15) is 42.9 Å². The minimum atomic E-state index is -0.400. The zero-order valence-corrected chi connectivity index (χ0v) is 21.2. The number of fused-ring (bicyclic) bond motifs is 1. The zero-order chi connectivity index (χ0) is 24.2. The van der Waals surface area contributed by atoms with Gasteiger partial charge in [0.2, 0.25) is 5.91 Å². The number of rotatable bonds is 10. The molecule has 3 aromatic heterocycles. The van der Waals surface area contributed by atoms with Crippen LogP contribution in [-0.4, -0.2) is 33.3 Å². The number of ether oxygens (including phenoxy) is 1. The lowest BCUT2D eigenvalue weighted by molar-refractivity contribution is -0.117. The van der Waals surface area contributed by atoms with E-state index in [1.54, 1.807) is 0 Å². The molecule has 3 heterocycles. The molecular weight excluding hydrogens is 468 g/mol. The molecule has 34 heavy (non-hydrogen) atoms. The highest BCUT2D eigenvalue weighted by molar-refractivity contribution is 7.15. The monoisotopic (exact) mass is 496 g/mol. The van der Waals surface area contributed by atoms with Crippen LogP contribution in [-0.2, 0) is 17.8 Å². The lowest BCUT2D eigenvalue weighted by Gasteiger charge is -2.18. The zero-order valence-electron chi connectivity index (χ0n) is 19.6. The summed E-state index contributed by atoms with van der Waals surface area (Å²) in [6.45, 7) is 9.15. The van der Waals surface area contributed by atoms with Gasteiger partial charge in [0.25, 0.3) is 0 Å². The second-order valence-electron chi connectivity index (χ2n) is 8.19. The van der Waals surface area contributed by atoms with Crippen molar-refractivity contribution < 1.29 is 9.53 Å². The second-order valence-corrected chi connectivity index (χ2v) is 9.74. The Labute approximate surface area is 208 Å². The maximum atomic E-state index is 11.8. The fourth-order valence-electron chi connectivity index (χ4n) is 3.98. The molecule has 0 saturated heterocycles. The number of nitrogens with two attached hydrogens (primary N) is 1. The SMILES string of the molecule is CCN(CC)Cc1ccc2ncc(-c3cc(OC(C)c4ccccc4Cl)c(CC(N)=O)s3)n2c1. The van der Waals surface area contributed by atoms with Gasteiger partial charge in [0, 0.05) is 29.4 Å². The Hall–Kier alpha value is -2.87. The van der Waals surface area contributed by atoms with Gasteiger partial charge in [-0.15, -0.1) is 11.3 Å². The molecule has 4 aromatic rings. The summed E-state index contributed by atoms with van der Waals surface area (Å²) >= 11 is 7.87. The number of amides is 1. The summed E-state index contributed by atoms with van der Waals surface area (Å²) in [5.74, 6) is 0.240. The van der Waals surface area contributed by atoms with E-state index in [4.69, 9.17) is 22.1 Å². The number of thiophene rings is 1. The van der Waals surface area contributed by atoms with Crippen molar-refractivity contribution in [3.8, 4) is 16.3 Å². The van der Waals surface area contributed by atoms with Gasteiger partial charge in [0.1, 0.15) is 17.5 Å². The van der Waals surface area contributed by atoms with Gasteiger partial charge in [-0.05, 0) is 37.7 Å². The lowest BCUT2D eigenvalue weighted by atomic mass is 10.1. The number of primary amides is 1. The van der Waals surface area contributed by atoms with Crippen molar-refractivity contribution in [2.24, 2.45) is 5.73 Å². The van der Waals surface area contributed by atoms with E-state index in [2.05, 4.69) is 40.4 Å². The highest BCUT2D eigenvalue weighted by Gasteiger charge is 2.20. The van der Waals surface area contributed by atoms with Gasteiger partial charge < -0.3 is 10.5 Å². The van der Waals surface area contributed by atoms with E-state index in [0.29, 0.717) is 10.8 Å². The highest BCUT2D eigenvalue weighted by Crippen LogP contribution is 2.39. The summed E-state index contributed by atoms with van der Waals surface area (Å²) < 4.78 is 8.39. The first-order valence-corrected chi connectivity index (χ1v) is 12.6. The highest BCUT2D eigenvalue weighted by atomic mass is 35.5. The Morgan fingerprint density at radius 3 is 2.71 bits per heavy atom. The van der Waals surface area contributed by atoms with Crippen LogP contribution in [0, 0.1) is 0 Å². The molecule has 4 rings (SSSR count). The van der Waals surface area contributed by atoms with Gasteiger partial charge in [0.05, 0.1) is 28.1 Å². The van der Waals surface area contributed by atoms with Gasteiger partial charge in [-0.2, -0.15) is 0 Å². The van der Waals surface area contributed by atoms with Crippen molar-refractivity contribution in [2.45, 2.75) is 39.8 Å². The number of hydrogen-bond acceptors (Lipinski definition) is 5. The Morgan fingerprint density at radius 2 is 2.00 bits per heavy atom. The number of nitrogens with zero attached hydrogens (tertiary/aromatic N) is 3. The molecule has 2 N–H and O–H groups in total. The maximum absolute atomic E-state index is 11.8. The third-order valence-electron chi connectivity index (χ3n) is 5.87. The van der Waals surface area contributed by atoms with E-state index in [1.807, 2.05) is 49.5 Å². The van der Waals surface area contributed by atoms with Crippen LogP contribution in [0.15, 0.2) is 54.9 Å². The van der Waals surface area contributed by atoms with Crippen LogP contribution >= 0.6 is 22.9 Å². The third kappa shape index (κ3) is 5.27. The predicted molar refractivity (Wildman–Crippen MR) is 139 cm³/mol. The molecule has 1 atom stereocenters. The van der Waals surface area contributed by atoms with E-state index < -0.39 is 5.91 Å². The molecular formula is C26H29ClN4O2S. The van der Waals surface area contributed by atoms with Crippen molar-refractivity contribution in [1.29, 1.82) is 0 Å². The number of hydrogen-bond donors (Lipinski definition) is 1. The van der Waals surface area contributed by atoms with E-state index >= 15 is 0 Å². The van der Waals surface area contributed by atoms with Crippen molar-refractivity contribution in [3.63, 3.8) is 0 Å². The molecule has 8 heteroatoms. The van der Waals surface area contributed by atoms with Crippen LogP contribution in [0.3, 0.4) is 0 Å². The fourth-order valence-corrected chi connectivity index (χ4v) is 5.38. The number of pyridine rings is 1. The van der Waals surface area contributed by atoms with E-state index in [-0.39, 0.29) is 12.5 Å². The lowest BCUT2D eigenvalue weighted by Crippen LogP contribution is -2.22. The Kier molecular flexibility index (Phi) is 7.56. The number of carbonyl (C=O) groups excluding carboxylic acids is 1. The molecule has 0 radical (unpaired) electrons. The largest absolute Gasteiger partial charge is 0.485 e. The standard InChI is InChI=1S/C26H29ClN4O2S/c1-4-30(5-2)15-18-10-11-26-29-14-21(31(26)16-18)23-12-22(24(34-23)13-25(28)32)33-17(3)19-8-6-7-9-20(19)27/h6-12,14,16-17H,4-5,13,15H2,1-3H3,(H2,28,32). The summed E-state index contributed by atoms with van der Waals surface area (Å²) in [5, 5.41) is 0.643. The van der Waals surface area contributed by atoms with Gasteiger partial charge in [-0.25, -0.2) is 4.98 Å². The minimum absolute atomic E-state index is 0.110. The fraction of sp³-hybridized carbons (Fsp3) is 0.308. The van der Waals surface area contributed by atoms with Crippen LogP contribution < -0.4 is 10.5 Å². The first-order valence-electron chi connectivity index (χ1n) is 11.4. The predicted octanol–water partition coefficient (Wildman–Crippen LogP) is 5.73. The normalized spacial score (nSPS) is 12.4. The van der Waals surface area contributed by atoms with E-state index in [1.165, 1.54) is 16.9 Å². The average molecular weight is 497 g/mol. The molecule has 178 valence electrons. The van der Waals surface area contributed by atoms with Crippen LogP contribution in [0.4, 0.5) is 0 Å². The van der Waals surface area contributed by atoms with Gasteiger partial charge in [0.15, 0.2) is 0 Å². The van der Waals surface area contributed by atoms with Crippen LogP contribution in [0.25, 0.3) is 16.2 Å². The molecule has 0 aliphatic heterocycles. The number of aromatic nitrogens is 2. The molecule has 1 unspecified atom stereocenters. The van der Waals surface area contributed by atoms with Gasteiger partial charge in [-0.3, -0.25) is 14.1 Å². The minimum Gasteiger partial charge on any atom is -0.485 e. The average Bonchev–Trinajstić information content (AvgIpc) is 3.40. The molecule has 1 aromatic carbocycles. The number of carbonyl (C=O) groups is 1. The third-order valence-corrected chi connectivity index (χ3v) is 7.35. The Morgan fingerprint density at radius 1 is 1.24 bits per heavy atom. The van der Waals surface area contributed by atoms with Crippen LogP contribution in [0.5, 0.6) is 5.75 Å². The van der Waals surface area contributed by atoms with Crippen molar-refractivity contribution in [1.82, 2.24) is 14.3 Å². The van der Waals surface area contributed by atoms with E-state index in [9.17, 15) is 4.79 Å². The van der Waals surface area contributed by atoms with Crippen molar-refractivity contribution in [2.75, 3.05) is 13.1 Å². The van der Waals surface area contributed by atoms with E-state index in [0.717, 1.165) is 46.3 Å².